The van der Waals surface area contributed by atoms with Gasteiger partial charge >= 0.3 is 0 Å². The van der Waals surface area contributed by atoms with E-state index < -0.39 is 0 Å². The molecule has 0 spiro atoms. The Hall–Kier alpha value is -1.14. The third-order valence-corrected chi connectivity index (χ3v) is 8.08. The van der Waals surface area contributed by atoms with Crippen LogP contribution in [0.2, 0.25) is 5.15 Å². The first-order valence-electron chi connectivity index (χ1n) is 9.75. The lowest BCUT2D eigenvalue weighted by atomic mass is 9.85. The van der Waals surface area contributed by atoms with Gasteiger partial charge in [-0.2, -0.15) is 0 Å². The number of thiophene rings is 2. The zero-order valence-corrected chi connectivity index (χ0v) is 18.0. The highest BCUT2D eigenvalue weighted by molar-refractivity contribution is 7.20. The quantitative estimate of drug-likeness (QED) is 0.462. The monoisotopic (exact) mass is 419 g/mol. The van der Waals surface area contributed by atoms with Crippen molar-refractivity contribution in [3.05, 3.63) is 44.1 Å². The molecule has 1 aliphatic rings. The van der Waals surface area contributed by atoms with Crippen LogP contribution in [-0.2, 0) is 6.54 Å². The van der Waals surface area contributed by atoms with Crippen molar-refractivity contribution in [2.24, 2.45) is 5.73 Å². The van der Waals surface area contributed by atoms with Gasteiger partial charge < -0.3 is 11.1 Å². The fourth-order valence-electron chi connectivity index (χ4n) is 4.08. The van der Waals surface area contributed by atoms with Crippen molar-refractivity contribution in [1.29, 1.82) is 0 Å². The second-order valence-corrected chi connectivity index (χ2v) is 9.93. The molecule has 1 aliphatic carbocycles. The lowest BCUT2D eigenvalue weighted by molar-refractivity contribution is 0.407. The van der Waals surface area contributed by atoms with Crippen LogP contribution in [-0.4, -0.2) is 11.0 Å². The zero-order valence-electron chi connectivity index (χ0n) is 15.6. The molecule has 2 atom stereocenters. The van der Waals surface area contributed by atoms with Crippen LogP contribution in [0.15, 0.2) is 23.6 Å². The highest BCUT2D eigenvalue weighted by Gasteiger charge is 2.26. The van der Waals surface area contributed by atoms with Crippen molar-refractivity contribution in [3.63, 3.8) is 0 Å². The van der Waals surface area contributed by atoms with E-state index in [0.29, 0.717) is 11.1 Å². The molecule has 3 nitrogen and oxygen atoms in total. The molecule has 1 fully saturated rings. The largest absolute Gasteiger partial charge is 0.379 e. The summed E-state index contributed by atoms with van der Waals surface area (Å²) in [6, 6.07) is 6.43. The fraction of sp³-hybridized carbons (Fsp3) is 0.476. The van der Waals surface area contributed by atoms with E-state index in [1.165, 1.54) is 52.1 Å². The van der Waals surface area contributed by atoms with Crippen LogP contribution in [0.4, 0.5) is 5.69 Å². The van der Waals surface area contributed by atoms with Gasteiger partial charge in [0.25, 0.3) is 0 Å². The van der Waals surface area contributed by atoms with Crippen molar-refractivity contribution in [2.75, 3.05) is 5.32 Å². The van der Waals surface area contributed by atoms with Crippen LogP contribution in [0, 0.1) is 6.92 Å². The van der Waals surface area contributed by atoms with E-state index in [4.69, 9.17) is 17.3 Å². The van der Waals surface area contributed by atoms with Crippen LogP contribution in [0.3, 0.4) is 0 Å². The number of aryl methyl sites for hydroxylation is 1. The topological polar surface area (TPSA) is 50.9 Å². The summed E-state index contributed by atoms with van der Waals surface area (Å²) in [5, 5.41) is 6.23. The number of fused-ring (bicyclic) bond motifs is 1. The maximum atomic E-state index is 6.61. The van der Waals surface area contributed by atoms with Gasteiger partial charge in [0, 0.05) is 34.3 Å². The number of nitrogens with two attached hydrogens (primary N) is 1. The van der Waals surface area contributed by atoms with Crippen molar-refractivity contribution in [1.82, 2.24) is 4.98 Å². The molecule has 0 aliphatic heterocycles. The van der Waals surface area contributed by atoms with Crippen LogP contribution in [0.25, 0.3) is 10.2 Å². The van der Waals surface area contributed by atoms with Gasteiger partial charge in [0.2, 0.25) is 0 Å². The number of nitrogens with one attached hydrogen (secondary N) is 1. The molecular weight excluding hydrogens is 394 g/mol. The van der Waals surface area contributed by atoms with Crippen molar-refractivity contribution in [3.8, 4) is 0 Å². The van der Waals surface area contributed by atoms with E-state index in [1.807, 2.05) is 17.4 Å². The number of pyridine rings is 1. The van der Waals surface area contributed by atoms with Crippen LogP contribution in [0.5, 0.6) is 0 Å². The maximum Gasteiger partial charge on any atom is 0.131 e. The minimum atomic E-state index is 0.245. The molecule has 0 unspecified atom stereocenters. The van der Waals surface area contributed by atoms with E-state index in [9.17, 15) is 0 Å². The molecule has 3 heterocycles. The number of nitrogens with zero attached hydrogens (tertiary/aromatic N) is 1. The zero-order chi connectivity index (χ0) is 18.8. The van der Waals surface area contributed by atoms with Crippen molar-refractivity contribution < 1.29 is 0 Å². The van der Waals surface area contributed by atoms with E-state index >= 15 is 0 Å². The number of hydrogen-bond acceptors (Lipinski definition) is 5. The highest BCUT2D eigenvalue weighted by Crippen LogP contribution is 2.43. The summed E-state index contributed by atoms with van der Waals surface area (Å²) in [4.78, 5) is 7.38. The molecule has 0 saturated heterocycles. The molecule has 3 aromatic rings. The molecule has 4 rings (SSSR count). The van der Waals surface area contributed by atoms with Gasteiger partial charge in [-0.1, -0.05) is 43.4 Å². The summed E-state index contributed by atoms with van der Waals surface area (Å²) >= 11 is 9.98. The molecule has 0 radical (unpaired) electrons. The normalized spacial score (nSPS) is 21.1. The highest BCUT2D eigenvalue weighted by atomic mass is 35.5. The lowest BCUT2D eigenvalue weighted by Gasteiger charge is -2.26. The summed E-state index contributed by atoms with van der Waals surface area (Å²) in [6.45, 7) is 2.99. The van der Waals surface area contributed by atoms with Crippen LogP contribution in [0.1, 0.15) is 59.8 Å². The van der Waals surface area contributed by atoms with Crippen molar-refractivity contribution in [2.45, 2.75) is 64.0 Å². The van der Waals surface area contributed by atoms with Gasteiger partial charge in [0.15, 0.2) is 0 Å². The molecular formula is C21H26ClN3S2. The van der Waals surface area contributed by atoms with E-state index in [0.717, 1.165) is 24.2 Å². The second-order valence-electron chi connectivity index (χ2n) is 7.46. The van der Waals surface area contributed by atoms with Crippen LogP contribution >= 0.6 is 34.3 Å². The number of rotatable bonds is 4. The minimum absolute atomic E-state index is 0.245. The third kappa shape index (κ3) is 4.16. The Kier molecular flexibility index (Phi) is 6.02. The third-order valence-electron chi connectivity index (χ3n) is 5.57. The average molecular weight is 420 g/mol. The van der Waals surface area contributed by atoms with Crippen molar-refractivity contribution >= 4 is 50.2 Å². The molecule has 3 N–H and O–H groups in total. The molecule has 0 aromatic carbocycles. The molecule has 0 amide bonds. The van der Waals surface area contributed by atoms with Crippen LogP contribution < -0.4 is 11.1 Å². The van der Waals surface area contributed by atoms with Gasteiger partial charge in [-0.05, 0) is 36.8 Å². The Labute approximate surface area is 174 Å². The van der Waals surface area contributed by atoms with Gasteiger partial charge in [0.1, 0.15) is 5.15 Å². The summed E-state index contributed by atoms with van der Waals surface area (Å²) in [6.07, 6.45) is 7.46. The number of halogens is 1. The molecule has 1 saturated carbocycles. The summed E-state index contributed by atoms with van der Waals surface area (Å²) in [5.74, 6) is 0.438. The number of anilines is 1. The van der Waals surface area contributed by atoms with Gasteiger partial charge in [-0.15, -0.1) is 22.7 Å². The second kappa shape index (κ2) is 8.48. The Morgan fingerprint density at radius 2 is 2.07 bits per heavy atom. The fourth-order valence-corrected chi connectivity index (χ4v) is 6.37. The number of aromatic nitrogens is 1. The van der Waals surface area contributed by atoms with E-state index in [2.05, 4.69) is 34.7 Å². The summed E-state index contributed by atoms with van der Waals surface area (Å²) in [5.41, 5.74) is 9.98. The average Bonchev–Trinajstić information content (AvgIpc) is 3.26. The summed E-state index contributed by atoms with van der Waals surface area (Å²) < 4.78 is 1.21. The Morgan fingerprint density at radius 3 is 2.85 bits per heavy atom. The molecule has 6 heteroatoms. The lowest BCUT2D eigenvalue weighted by Crippen LogP contribution is -2.29. The SMILES string of the molecule is Cc1c([C@H]2CCCCCC[C@@H]2N)sc2c(NCc3cccs3)cc(Cl)nc12. The first-order valence-corrected chi connectivity index (χ1v) is 11.8. The molecule has 3 aromatic heterocycles. The minimum Gasteiger partial charge on any atom is -0.379 e. The Bertz CT molecular complexity index is 904. The van der Waals surface area contributed by atoms with E-state index in [-0.39, 0.29) is 6.04 Å². The maximum absolute atomic E-state index is 6.61. The Morgan fingerprint density at radius 1 is 1.26 bits per heavy atom. The molecule has 0 bridgehead atoms. The van der Waals surface area contributed by atoms with Gasteiger partial charge in [-0.3, -0.25) is 0 Å². The smallest absolute Gasteiger partial charge is 0.131 e. The predicted molar refractivity (Wildman–Crippen MR) is 119 cm³/mol. The first kappa shape index (κ1) is 19.2. The predicted octanol–water partition coefficient (Wildman–Crippen LogP) is 6.70. The standard InChI is InChI=1S/C21H26ClN3S2/c1-13-19-21(27-20(13)15-8-4-2-3-5-9-16(15)23)17(11-18(22)25-19)24-12-14-7-6-10-26-14/h6-7,10-11,15-16H,2-5,8-9,12,23H2,1H3,(H,24,25)/t15-,16-/m0/s1. The molecule has 27 heavy (non-hydrogen) atoms. The van der Waals surface area contributed by atoms with Gasteiger partial charge in [0.05, 0.1) is 15.9 Å². The van der Waals surface area contributed by atoms with Gasteiger partial charge in [-0.25, -0.2) is 4.98 Å². The van der Waals surface area contributed by atoms with E-state index in [1.54, 1.807) is 11.3 Å². The number of hydrogen-bond donors (Lipinski definition) is 2. The first-order chi connectivity index (χ1) is 13.1. The molecule has 144 valence electrons. The Balaban J connectivity index is 1.70. The summed E-state index contributed by atoms with van der Waals surface area (Å²) in [7, 11) is 0.